The summed E-state index contributed by atoms with van der Waals surface area (Å²) in [6.07, 6.45) is 0. The van der Waals surface area contributed by atoms with Crippen LogP contribution in [0.15, 0.2) is 10.3 Å². The van der Waals surface area contributed by atoms with Gasteiger partial charge in [-0.2, -0.15) is 4.31 Å². The van der Waals surface area contributed by atoms with Crippen LogP contribution < -0.4 is 5.32 Å². The molecule has 1 fully saturated rings. The van der Waals surface area contributed by atoms with Crippen molar-refractivity contribution >= 4 is 21.4 Å². The van der Waals surface area contributed by atoms with Crippen LogP contribution in [0.3, 0.4) is 0 Å². The Morgan fingerprint density at radius 2 is 2.14 bits per heavy atom. The van der Waals surface area contributed by atoms with Gasteiger partial charge < -0.3 is 10.2 Å². The fourth-order valence-corrected chi connectivity index (χ4v) is 5.93. The number of nitrogens with one attached hydrogen (secondary N) is 1. The van der Waals surface area contributed by atoms with Crippen molar-refractivity contribution in [1.29, 1.82) is 0 Å². The standard InChI is InChI=1S/C14H25N3O2S2/c1-5-15-9-13-11(2)8-14(20-13)21(18,19)17-7-6-16(4)10-12(17)3/h8,12,15H,5-7,9-10H2,1-4H3. The van der Waals surface area contributed by atoms with Crippen LogP contribution in [0, 0.1) is 6.92 Å². The molecule has 0 radical (unpaired) electrons. The van der Waals surface area contributed by atoms with Crippen molar-refractivity contribution in [2.24, 2.45) is 0 Å². The molecule has 0 aromatic carbocycles. The van der Waals surface area contributed by atoms with E-state index in [1.165, 1.54) is 11.3 Å². The summed E-state index contributed by atoms with van der Waals surface area (Å²) in [5, 5.41) is 3.26. The van der Waals surface area contributed by atoms with Gasteiger partial charge in [0, 0.05) is 37.1 Å². The van der Waals surface area contributed by atoms with E-state index in [0.717, 1.165) is 36.6 Å². The van der Waals surface area contributed by atoms with Gasteiger partial charge >= 0.3 is 0 Å². The van der Waals surface area contributed by atoms with Gasteiger partial charge in [-0.1, -0.05) is 6.92 Å². The first kappa shape index (κ1) is 16.9. The van der Waals surface area contributed by atoms with E-state index >= 15 is 0 Å². The second-order valence-corrected chi connectivity index (χ2v) is 8.93. The first-order valence-electron chi connectivity index (χ1n) is 7.36. The summed E-state index contributed by atoms with van der Waals surface area (Å²) >= 11 is 1.40. The molecule has 5 nitrogen and oxygen atoms in total. The van der Waals surface area contributed by atoms with Gasteiger partial charge in [-0.05, 0) is 39.1 Å². The molecule has 1 N–H and O–H groups in total. The molecule has 120 valence electrons. The summed E-state index contributed by atoms with van der Waals surface area (Å²) in [6, 6.07) is 1.84. The van der Waals surface area contributed by atoms with Gasteiger partial charge in [0.1, 0.15) is 4.21 Å². The Hall–Kier alpha value is -0.470. The number of hydrogen-bond donors (Lipinski definition) is 1. The zero-order chi connectivity index (χ0) is 15.6. The van der Waals surface area contributed by atoms with Crippen molar-refractivity contribution in [2.45, 2.75) is 37.6 Å². The third-order valence-corrected chi connectivity index (χ3v) is 7.57. The Labute approximate surface area is 132 Å². The molecule has 1 aromatic heterocycles. The maximum Gasteiger partial charge on any atom is 0.252 e. The SMILES string of the molecule is CCNCc1sc(S(=O)(=O)N2CCN(C)CC2C)cc1C. The molecule has 1 saturated heterocycles. The smallest absolute Gasteiger partial charge is 0.252 e. The van der Waals surface area contributed by atoms with Gasteiger partial charge in [0.25, 0.3) is 10.0 Å². The summed E-state index contributed by atoms with van der Waals surface area (Å²) in [7, 11) is -1.33. The van der Waals surface area contributed by atoms with Crippen LogP contribution in [-0.4, -0.2) is 56.9 Å². The lowest BCUT2D eigenvalue weighted by Crippen LogP contribution is -2.52. The molecular weight excluding hydrogens is 306 g/mol. The number of thiophene rings is 1. The quantitative estimate of drug-likeness (QED) is 0.888. The number of piperazine rings is 1. The van der Waals surface area contributed by atoms with Gasteiger partial charge in [0.15, 0.2) is 0 Å². The van der Waals surface area contributed by atoms with Crippen LogP contribution >= 0.6 is 11.3 Å². The number of likely N-dealkylation sites (N-methyl/N-ethyl adjacent to an activating group) is 1. The van der Waals surface area contributed by atoms with Crippen molar-refractivity contribution in [3.05, 3.63) is 16.5 Å². The molecule has 21 heavy (non-hydrogen) atoms. The van der Waals surface area contributed by atoms with Crippen LogP contribution in [0.1, 0.15) is 24.3 Å². The van der Waals surface area contributed by atoms with Crippen molar-refractivity contribution in [3.63, 3.8) is 0 Å². The molecule has 1 unspecified atom stereocenters. The summed E-state index contributed by atoms with van der Waals surface area (Å²) in [5.74, 6) is 0. The number of aryl methyl sites for hydroxylation is 1. The monoisotopic (exact) mass is 331 g/mol. The molecule has 0 bridgehead atoms. The van der Waals surface area contributed by atoms with E-state index < -0.39 is 10.0 Å². The highest BCUT2D eigenvalue weighted by Gasteiger charge is 2.33. The highest BCUT2D eigenvalue weighted by Crippen LogP contribution is 2.30. The first-order chi connectivity index (χ1) is 9.86. The van der Waals surface area contributed by atoms with Crippen molar-refractivity contribution < 1.29 is 8.42 Å². The lowest BCUT2D eigenvalue weighted by molar-refractivity contribution is 0.170. The van der Waals surface area contributed by atoms with Gasteiger partial charge in [0.05, 0.1) is 0 Å². The molecule has 0 spiro atoms. The number of nitrogens with zero attached hydrogens (tertiary/aromatic N) is 2. The zero-order valence-electron chi connectivity index (χ0n) is 13.2. The normalized spacial score (nSPS) is 21.8. The van der Waals surface area contributed by atoms with E-state index in [4.69, 9.17) is 0 Å². The van der Waals surface area contributed by atoms with Crippen LogP contribution in [0.4, 0.5) is 0 Å². The Kier molecular flexibility index (Phi) is 5.43. The minimum atomic E-state index is -3.36. The van der Waals surface area contributed by atoms with E-state index in [2.05, 4.69) is 10.2 Å². The molecule has 1 aliphatic rings. The Balaban J connectivity index is 2.23. The third-order valence-electron chi connectivity index (χ3n) is 3.87. The molecule has 0 saturated carbocycles. The average Bonchev–Trinajstić information content (AvgIpc) is 2.78. The molecule has 1 atom stereocenters. The van der Waals surface area contributed by atoms with E-state index in [9.17, 15) is 8.42 Å². The number of sulfonamides is 1. The van der Waals surface area contributed by atoms with E-state index in [0.29, 0.717) is 10.8 Å². The fraction of sp³-hybridized carbons (Fsp3) is 0.714. The lowest BCUT2D eigenvalue weighted by atomic mass is 10.2. The molecule has 1 aromatic rings. The minimum absolute atomic E-state index is 0.0216. The fourth-order valence-electron chi connectivity index (χ4n) is 2.63. The van der Waals surface area contributed by atoms with E-state index in [1.54, 1.807) is 4.31 Å². The van der Waals surface area contributed by atoms with Gasteiger partial charge in [-0.3, -0.25) is 0 Å². The summed E-state index contributed by atoms with van der Waals surface area (Å²) in [4.78, 5) is 3.28. The Morgan fingerprint density at radius 3 is 2.76 bits per heavy atom. The molecule has 2 heterocycles. The van der Waals surface area contributed by atoms with E-state index in [1.807, 2.05) is 33.9 Å². The maximum atomic E-state index is 12.8. The average molecular weight is 332 g/mol. The maximum absolute atomic E-state index is 12.8. The molecule has 2 rings (SSSR count). The van der Waals surface area contributed by atoms with Crippen LogP contribution in [0.5, 0.6) is 0 Å². The second kappa shape index (κ2) is 6.75. The zero-order valence-corrected chi connectivity index (χ0v) is 14.9. The third kappa shape index (κ3) is 3.65. The molecule has 7 heteroatoms. The van der Waals surface area contributed by atoms with Gasteiger partial charge in [-0.15, -0.1) is 11.3 Å². The Bertz CT molecular complexity index is 583. The summed E-state index contributed by atoms with van der Waals surface area (Å²) in [5.41, 5.74) is 1.06. The predicted molar refractivity (Wildman–Crippen MR) is 87.3 cm³/mol. The van der Waals surface area contributed by atoms with Crippen LogP contribution in [0.2, 0.25) is 0 Å². The molecule has 1 aliphatic heterocycles. The van der Waals surface area contributed by atoms with Crippen molar-refractivity contribution in [2.75, 3.05) is 33.2 Å². The van der Waals surface area contributed by atoms with Crippen LogP contribution in [-0.2, 0) is 16.6 Å². The Morgan fingerprint density at radius 1 is 1.43 bits per heavy atom. The van der Waals surface area contributed by atoms with Gasteiger partial charge in [-0.25, -0.2) is 8.42 Å². The topological polar surface area (TPSA) is 52.7 Å². The number of hydrogen-bond acceptors (Lipinski definition) is 5. The number of rotatable bonds is 5. The largest absolute Gasteiger partial charge is 0.312 e. The van der Waals surface area contributed by atoms with Gasteiger partial charge in [0.2, 0.25) is 0 Å². The minimum Gasteiger partial charge on any atom is -0.312 e. The highest BCUT2D eigenvalue weighted by atomic mass is 32.2. The molecule has 0 aliphatic carbocycles. The van der Waals surface area contributed by atoms with Crippen molar-refractivity contribution in [1.82, 2.24) is 14.5 Å². The molecular formula is C14H25N3O2S2. The molecule has 0 amide bonds. The van der Waals surface area contributed by atoms with E-state index in [-0.39, 0.29) is 6.04 Å². The highest BCUT2D eigenvalue weighted by molar-refractivity contribution is 7.91. The van der Waals surface area contributed by atoms with Crippen LogP contribution in [0.25, 0.3) is 0 Å². The lowest BCUT2D eigenvalue weighted by Gasteiger charge is -2.36. The predicted octanol–water partition coefficient (Wildman–Crippen LogP) is 1.49. The summed E-state index contributed by atoms with van der Waals surface area (Å²) < 4.78 is 27.8. The van der Waals surface area contributed by atoms with Crippen molar-refractivity contribution in [3.8, 4) is 0 Å². The first-order valence-corrected chi connectivity index (χ1v) is 9.62. The summed E-state index contributed by atoms with van der Waals surface area (Å²) in [6.45, 7) is 9.77. The second-order valence-electron chi connectivity index (χ2n) is 5.68.